The third-order valence-electron chi connectivity index (χ3n) is 2.39. The first kappa shape index (κ1) is 11.3. The summed E-state index contributed by atoms with van der Waals surface area (Å²) in [6.45, 7) is 1.77. The molecule has 0 saturated heterocycles. The Bertz CT molecular complexity index is 584. The van der Waals surface area contributed by atoms with Gasteiger partial charge >= 0.3 is 0 Å². The molecule has 1 amide bonds. The fourth-order valence-corrected chi connectivity index (χ4v) is 1.23. The van der Waals surface area contributed by atoms with E-state index in [4.69, 9.17) is 0 Å². The van der Waals surface area contributed by atoms with Gasteiger partial charge in [-0.2, -0.15) is 4.99 Å². The number of carbonyl (C=O) groups excluding carboxylic acids is 1. The highest BCUT2D eigenvalue weighted by Gasteiger charge is 2.08. The van der Waals surface area contributed by atoms with Crippen molar-refractivity contribution in [3.8, 4) is 0 Å². The van der Waals surface area contributed by atoms with Crippen molar-refractivity contribution in [2.45, 2.75) is 6.92 Å². The van der Waals surface area contributed by atoms with E-state index in [-0.39, 0.29) is 5.91 Å². The maximum Gasteiger partial charge on any atom is 0.297 e. The third kappa shape index (κ3) is 2.30. The van der Waals surface area contributed by atoms with Crippen LogP contribution in [0.4, 0.5) is 0 Å². The Labute approximate surface area is 98.6 Å². The lowest BCUT2D eigenvalue weighted by atomic mass is 10.4. The van der Waals surface area contributed by atoms with Crippen molar-refractivity contribution >= 4 is 17.5 Å². The van der Waals surface area contributed by atoms with Gasteiger partial charge in [-0.15, -0.1) is 0 Å². The highest BCUT2D eigenvalue weighted by molar-refractivity contribution is 6.01. The summed E-state index contributed by atoms with van der Waals surface area (Å²) in [6, 6.07) is 1.63. The molecule has 0 fully saturated rings. The summed E-state index contributed by atoms with van der Waals surface area (Å²) < 4.78 is 1.74. The summed E-state index contributed by atoms with van der Waals surface area (Å²) in [6.07, 6.45) is 5.14. The van der Waals surface area contributed by atoms with Crippen molar-refractivity contribution < 1.29 is 4.79 Å². The maximum absolute atomic E-state index is 11.8. The van der Waals surface area contributed by atoms with E-state index in [2.05, 4.69) is 15.0 Å². The van der Waals surface area contributed by atoms with Crippen LogP contribution in [-0.2, 0) is 0 Å². The van der Waals surface area contributed by atoms with Gasteiger partial charge in [-0.1, -0.05) is 0 Å². The summed E-state index contributed by atoms with van der Waals surface area (Å²) in [5.41, 5.74) is 0.296. The van der Waals surface area contributed by atoms with Crippen molar-refractivity contribution in [1.29, 1.82) is 0 Å². The van der Waals surface area contributed by atoms with Gasteiger partial charge in [-0.05, 0) is 13.0 Å². The van der Waals surface area contributed by atoms with Crippen LogP contribution in [0, 0.1) is 0 Å². The normalized spacial score (nSPS) is 11.8. The molecule has 0 aromatic carbocycles. The molecule has 2 rings (SSSR count). The zero-order valence-corrected chi connectivity index (χ0v) is 9.95. The molecule has 0 bridgehead atoms. The summed E-state index contributed by atoms with van der Waals surface area (Å²) in [5.74, 6) is 0.773. The zero-order chi connectivity index (χ0) is 12.4. The molecule has 6 heteroatoms. The number of amides is 1. The van der Waals surface area contributed by atoms with E-state index in [1.54, 1.807) is 40.9 Å². The molecule has 0 aliphatic carbocycles. The highest BCUT2D eigenvalue weighted by atomic mass is 16.1. The third-order valence-corrected chi connectivity index (χ3v) is 2.39. The van der Waals surface area contributed by atoms with E-state index in [0.717, 1.165) is 0 Å². The van der Waals surface area contributed by atoms with Gasteiger partial charge in [0.1, 0.15) is 11.5 Å². The van der Waals surface area contributed by atoms with E-state index in [0.29, 0.717) is 17.3 Å². The monoisotopic (exact) mass is 231 g/mol. The molecule has 0 aliphatic rings. The first-order chi connectivity index (χ1) is 8.08. The first-order valence-electron chi connectivity index (χ1n) is 5.14. The van der Waals surface area contributed by atoms with Crippen LogP contribution in [0.1, 0.15) is 17.4 Å². The highest BCUT2D eigenvalue weighted by Crippen LogP contribution is 2.02. The van der Waals surface area contributed by atoms with Gasteiger partial charge in [0.05, 0.1) is 0 Å². The van der Waals surface area contributed by atoms with E-state index < -0.39 is 0 Å². The second-order valence-corrected chi connectivity index (χ2v) is 3.81. The van der Waals surface area contributed by atoms with Crippen LogP contribution in [-0.4, -0.2) is 45.1 Å². The number of amidine groups is 1. The van der Waals surface area contributed by atoms with Crippen LogP contribution in [0.25, 0.3) is 5.78 Å². The molecular weight excluding hydrogens is 218 g/mol. The van der Waals surface area contributed by atoms with Crippen molar-refractivity contribution in [3.05, 3.63) is 30.4 Å². The minimum atomic E-state index is -0.360. The molecule has 88 valence electrons. The van der Waals surface area contributed by atoms with Gasteiger partial charge in [0, 0.05) is 32.7 Å². The first-order valence-corrected chi connectivity index (χ1v) is 5.14. The quantitative estimate of drug-likeness (QED) is 0.539. The average molecular weight is 231 g/mol. The molecular formula is C11H13N5O. The molecule has 0 N–H and O–H groups in total. The summed E-state index contributed by atoms with van der Waals surface area (Å²) >= 11 is 0. The molecule has 2 aromatic rings. The van der Waals surface area contributed by atoms with Crippen molar-refractivity contribution in [2.24, 2.45) is 4.99 Å². The minimum absolute atomic E-state index is 0.296. The predicted octanol–water partition coefficient (Wildman–Crippen LogP) is 0.849. The number of aliphatic imine (C=N–C) groups is 1. The van der Waals surface area contributed by atoms with Gasteiger partial charge in [-0.25, -0.2) is 9.97 Å². The summed E-state index contributed by atoms with van der Waals surface area (Å²) in [7, 11) is 3.66. The molecule has 0 radical (unpaired) electrons. The van der Waals surface area contributed by atoms with E-state index in [1.807, 2.05) is 14.1 Å². The van der Waals surface area contributed by atoms with Crippen LogP contribution in [0.5, 0.6) is 0 Å². The fourth-order valence-electron chi connectivity index (χ4n) is 1.23. The average Bonchev–Trinajstić information content (AvgIpc) is 2.75. The largest absolute Gasteiger partial charge is 0.366 e. The van der Waals surface area contributed by atoms with Crippen molar-refractivity contribution in [1.82, 2.24) is 19.3 Å². The minimum Gasteiger partial charge on any atom is -0.366 e. The Balaban J connectivity index is 2.33. The van der Waals surface area contributed by atoms with E-state index in [9.17, 15) is 4.79 Å². The standard InChI is InChI=1S/C11H13N5O/c1-8(15(2)3)13-10(17)9-4-6-16-7-5-12-11(16)14-9/h4-7H,1-3H3. The molecule has 17 heavy (non-hydrogen) atoms. The van der Waals surface area contributed by atoms with E-state index >= 15 is 0 Å². The number of imidazole rings is 1. The van der Waals surface area contributed by atoms with Crippen molar-refractivity contribution in [3.63, 3.8) is 0 Å². The molecule has 0 aliphatic heterocycles. The Morgan fingerprint density at radius 3 is 2.88 bits per heavy atom. The fraction of sp³-hybridized carbons (Fsp3) is 0.273. The van der Waals surface area contributed by atoms with Crippen LogP contribution >= 0.6 is 0 Å². The van der Waals surface area contributed by atoms with Crippen molar-refractivity contribution in [2.75, 3.05) is 14.1 Å². The Hall–Kier alpha value is -2.24. The predicted molar refractivity (Wildman–Crippen MR) is 64.1 cm³/mol. The Morgan fingerprint density at radius 2 is 2.18 bits per heavy atom. The second-order valence-electron chi connectivity index (χ2n) is 3.81. The topological polar surface area (TPSA) is 62.9 Å². The van der Waals surface area contributed by atoms with E-state index in [1.165, 1.54) is 0 Å². The number of aromatic nitrogens is 3. The van der Waals surface area contributed by atoms with Crippen LogP contribution in [0.15, 0.2) is 29.6 Å². The Kier molecular flexibility index (Phi) is 2.86. The molecule has 6 nitrogen and oxygen atoms in total. The number of carbonyl (C=O) groups is 1. The number of hydrogen-bond donors (Lipinski definition) is 0. The molecule has 0 atom stereocenters. The maximum atomic E-state index is 11.8. The second kappa shape index (κ2) is 4.32. The van der Waals surface area contributed by atoms with Gasteiger partial charge in [0.25, 0.3) is 5.91 Å². The molecule has 2 aromatic heterocycles. The van der Waals surface area contributed by atoms with Gasteiger partial charge < -0.3 is 4.90 Å². The van der Waals surface area contributed by atoms with Crippen LogP contribution < -0.4 is 0 Å². The smallest absolute Gasteiger partial charge is 0.297 e. The Morgan fingerprint density at radius 1 is 1.41 bits per heavy atom. The lowest BCUT2D eigenvalue weighted by Gasteiger charge is -2.09. The lowest BCUT2D eigenvalue weighted by molar-refractivity contribution is 0.0997. The number of rotatable bonds is 1. The van der Waals surface area contributed by atoms with Gasteiger partial charge in [0.15, 0.2) is 0 Å². The van der Waals surface area contributed by atoms with Gasteiger partial charge in [-0.3, -0.25) is 9.20 Å². The van der Waals surface area contributed by atoms with Gasteiger partial charge in [0.2, 0.25) is 5.78 Å². The van der Waals surface area contributed by atoms with Crippen LogP contribution in [0.2, 0.25) is 0 Å². The number of hydrogen-bond acceptors (Lipinski definition) is 3. The summed E-state index contributed by atoms with van der Waals surface area (Å²) in [5, 5.41) is 0. The lowest BCUT2D eigenvalue weighted by Crippen LogP contribution is -2.20. The molecule has 2 heterocycles. The molecule has 0 spiro atoms. The zero-order valence-electron chi connectivity index (χ0n) is 9.95. The SMILES string of the molecule is CC(=NC(=O)c1ccn2ccnc2n1)N(C)C. The number of nitrogens with zero attached hydrogens (tertiary/aromatic N) is 5. The van der Waals surface area contributed by atoms with Crippen LogP contribution in [0.3, 0.4) is 0 Å². The number of fused-ring (bicyclic) bond motifs is 1. The molecule has 0 unspecified atom stereocenters. The summed E-state index contributed by atoms with van der Waals surface area (Å²) in [4.78, 5) is 25.7. The molecule has 0 saturated carbocycles.